The molecule has 0 fully saturated rings. The van der Waals surface area contributed by atoms with Gasteiger partial charge in [0.15, 0.2) is 0 Å². The second-order valence-corrected chi connectivity index (χ2v) is 2.21. The molecule has 1 rings (SSSR count). The average Bonchev–Trinajstić information content (AvgIpc) is 2.04. The van der Waals surface area contributed by atoms with Crippen molar-refractivity contribution in [3.05, 3.63) is 39.7 Å². The highest BCUT2D eigenvalue weighted by Crippen LogP contribution is 2.16. The van der Waals surface area contributed by atoms with Gasteiger partial charge in [-0.05, 0) is 17.7 Å². The molecule has 0 saturated heterocycles. The molecular formula is C7H5FN2O3. The third-order valence-corrected chi connectivity index (χ3v) is 1.38. The summed E-state index contributed by atoms with van der Waals surface area (Å²) in [5, 5.41) is 20.9. The van der Waals surface area contributed by atoms with E-state index < -0.39 is 16.4 Å². The van der Waals surface area contributed by atoms with Crippen LogP contribution in [0.5, 0.6) is 0 Å². The second-order valence-electron chi connectivity index (χ2n) is 2.21. The van der Waals surface area contributed by atoms with Crippen molar-refractivity contribution in [3.8, 4) is 0 Å². The van der Waals surface area contributed by atoms with Crippen molar-refractivity contribution in [2.24, 2.45) is 5.16 Å². The molecular weight excluding hydrogens is 179 g/mol. The normalized spacial score (nSPS) is 10.5. The first-order valence-electron chi connectivity index (χ1n) is 3.26. The molecule has 0 aliphatic rings. The zero-order valence-electron chi connectivity index (χ0n) is 6.35. The molecule has 0 spiro atoms. The van der Waals surface area contributed by atoms with Crippen LogP contribution in [0.15, 0.2) is 23.4 Å². The monoisotopic (exact) mass is 184 g/mol. The summed E-state index contributed by atoms with van der Waals surface area (Å²) in [5.74, 6) is -0.956. The molecule has 0 bridgehead atoms. The Kier molecular flexibility index (Phi) is 2.53. The van der Waals surface area contributed by atoms with Gasteiger partial charge in [-0.25, -0.2) is 0 Å². The summed E-state index contributed by atoms with van der Waals surface area (Å²) in [6.07, 6.45) is 0.979. The van der Waals surface area contributed by atoms with Crippen molar-refractivity contribution in [1.82, 2.24) is 0 Å². The molecule has 1 aromatic rings. The van der Waals surface area contributed by atoms with Gasteiger partial charge in [0.25, 0.3) is 0 Å². The largest absolute Gasteiger partial charge is 0.411 e. The van der Waals surface area contributed by atoms with Crippen molar-refractivity contribution in [2.45, 2.75) is 0 Å². The lowest BCUT2D eigenvalue weighted by Crippen LogP contribution is -1.93. The van der Waals surface area contributed by atoms with E-state index in [1.807, 2.05) is 0 Å². The van der Waals surface area contributed by atoms with Crippen LogP contribution in [0, 0.1) is 15.9 Å². The highest BCUT2D eigenvalue weighted by atomic mass is 19.1. The number of oxime groups is 1. The van der Waals surface area contributed by atoms with Crippen LogP contribution < -0.4 is 0 Å². The number of nitro groups is 1. The Morgan fingerprint density at radius 3 is 2.77 bits per heavy atom. The molecule has 13 heavy (non-hydrogen) atoms. The Labute approximate surface area is 72.3 Å². The minimum atomic E-state index is -0.956. The summed E-state index contributed by atoms with van der Waals surface area (Å²) in [7, 11) is 0. The Morgan fingerprint density at radius 1 is 1.62 bits per heavy atom. The molecule has 0 atom stereocenters. The average molecular weight is 184 g/mol. The Morgan fingerprint density at radius 2 is 2.31 bits per heavy atom. The molecule has 0 saturated carbocycles. The number of halogens is 1. The maximum absolute atomic E-state index is 12.8. The third kappa shape index (κ3) is 1.98. The number of hydrogen-bond acceptors (Lipinski definition) is 4. The Balaban J connectivity index is 3.12. The molecule has 0 aliphatic carbocycles. The smallest absolute Gasteiger partial charge is 0.304 e. The van der Waals surface area contributed by atoms with Crippen LogP contribution >= 0.6 is 0 Å². The van der Waals surface area contributed by atoms with Crippen LogP contribution in [0.4, 0.5) is 10.1 Å². The van der Waals surface area contributed by atoms with Crippen molar-refractivity contribution in [1.29, 1.82) is 0 Å². The van der Waals surface area contributed by atoms with Crippen molar-refractivity contribution >= 4 is 11.9 Å². The van der Waals surface area contributed by atoms with Crippen LogP contribution in [0.2, 0.25) is 0 Å². The minimum Gasteiger partial charge on any atom is -0.411 e. The van der Waals surface area contributed by atoms with E-state index in [4.69, 9.17) is 5.21 Å². The van der Waals surface area contributed by atoms with Gasteiger partial charge in [-0.15, -0.1) is 0 Å². The van der Waals surface area contributed by atoms with Crippen LogP contribution in [0.25, 0.3) is 0 Å². The first-order valence-corrected chi connectivity index (χ1v) is 3.26. The summed E-state index contributed by atoms with van der Waals surface area (Å²) in [5.41, 5.74) is -0.347. The van der Waals surface area contributed by atoms with Crippen LogP contribution in [0.1, 0.15) is 5.56 Å². The van der Waals surface area contributed by atoms with E-state index in [2.05, 4.69) is 5.16 Å². The lowest BCUT2D eigenvalue weighted by atomic mass is 10.2. The van der Waals surface area contributed by atoms with E-state index in [0.29, 0.717) is 0 Å². The van der Waals surface area contributed by atoms with E-state index in [0.717, 1.165) is 18.3 Å². The van der Waals surface area contributed by atoms with Gasteiger partial charge in [0.1, 0.15) is 0 Å². The molecule has 0 unspecified atom stereocenters. The van der Waals surface area contributed by atoms with Crippen LogP contribution in [0.3, 0.4) is 0 Å². The third-order valence-electron chi connectivity index (χ3n) is 1.38. The number of nitrogens with zero attached hydrogens (tertiary/aromatic N) is 2. The van der Waals surface area contributed by atoms with Gasteiger partial charge in [0.05, 0.1) is 11.1 Å². The van der Waals surface area contributed by atoms with E-state index in [-0.39, 0.29) is 5.56 Å². The summed E-state index contributed by atoms with van der Waals surface area (Å²) in [6, 6.07) is 3.20. The van der Waals surface area contributed by atoms with Crippen LogP contribution in [-0.2, 0) is 0 Å². The molecule has 5 nitrogen and oxygen atoms in total. The maximum Gasteiger partial charge on any atom is 0.304 e. The quantitative estimate of drug-likeness (QED) is 0.328. The summed E-state index contributed by atoms with van der Waals surface area (Å²) >= 11 is 0. The summed E-state index contributed by atoms with van der Waals surface area (Å²) < 4.78 is 12.8. The first-order chi connectivity index (χ1) is 6.15. The van der Waals surface area contributed by atoms with Crippen LogP contribution in [-0.4, -0.2) is 16.3 Å². The standard InChI is InChI=1S/C7H5FN2O3/c8-6-3-5(4-9-11)1-2-7(6)10(12)13/h1-4,11H/b9-4+. The van der Waals surface area contributed by atoms with Gasteiger partial charge in [-0.2, -0.15) is 4.39 Å². The summed E-state index contributed by atoms with van der Waals surface area (Å²) in [6.45, 7) is 0. The molecule has 68 valence electrons. The van der Waals surface area contributed by atoms with Gasteiger partial charge >= 0.3 is 5.69 Å². The molecule has 0 aliphatic heterocycles. The Hall–Kier alpha value is -1.98. The molecule has 0 heterocycles. The van der Waals surface area contributed by atoms with E-state index in [9.17, 15) is 14.5 Å². The highest BCUT2D eigenvalue weighted by Gasteiger charge is 2.12. The predicted octanol–water partition coefficient (Wildman–Crippen LogP) is 1.54. The SMILES string of the molecule is O=[N+]([O-])c1ccc(/C=N/O)cc1F. The van der Waals surface area contributed by atoms with E-state index >= 15 is 0 Å². The lowest BCUT2D eigenvalue weighted by molar-refractivity contribution is -0.387. The van der Waals surface area contributed by atoms with Gasteiger partial charge in [-0.3, -0.25) is 10.1 Å². The first kappa shape index (κ1) is 9.11. The van der Waals surface area contributed by atoms with Gasteiger partial charge in [0, 0.05) is 6.07 Å². The fraction of sp³-hybridized carbons (Fsp3) is 0. The number of benzene rings is 1. The fourth-order valence-electron chi connectivity index (χ4n) is 0.818. The van der Waals surface area contributed by atoms with E-state index in [1.165, 1.54) is 6.07 Å². The minimum absolute atomic E-state index is 0.255. The second kappa shape index (κ2) is 3.61. The molecule has 6 heteroatoms. The number of rotatable bonds is 2. The van der Waals surface area contributed by atoms with Crippen molar-refractivity contribution < 1.29 is 14.5 Å². The zero-order chi connectivity index (χ0) is 9.84. The lowest BCUT2D eigenvalue weighted by Gasteiger charge is -1.94. The van der Waals surface area contributed by atoms with Crippen molar-refractivity contribution in [2.75, 3.05) is 0 Å². The molecule has 0 aromatic heterocycles. The van der Waals surface area contributed by atoms with Gasteiger partial charge < -0.3 is 5.21 Å². The van der Waals surface area contributed by atoms with Gasteiger partial charge in [-0.1, -0.05) is 5.16 Å². The number of nitro benzene ring substituents is 1. The maximum atomic E-state index is 12.8. The topological polar surface area (TPSA) is 75.7 Å². The van der Waals surface area contributed by atoms with E-state index in [1.54, 1.807) is 0 Å². The van der Waals surface area contributed by atoms with Crippen molar-refractivity contribution in [3.63, 3.8) is 0 Å². The zero-order valence-corrected chi connectivity index (χ0v) is 6.35. The fourth-order valence-corrected chi connectivity index (χ4v) is 0.818. The molecule has 1 aromatic carbocycles. The molecule has 0 amide bonds. The summed E-state index contributed by atoms with van der Waals surface area (Å²) in [4.78, 5) is 9.35. The number of hydrogen-bond donors (Lipinski definition) is 1. The highest BCUT2D eigenvalue weighted by molar-refractivity contribution is 5.79. The predicted molar refractivity (Wildman–Crippen MR) is 42.4 cm³/mol. The molecule has 0 radical (unpaired) electrons. The molecule has 1 N–H and O–H groups in total. The Bertz CT molecular complexity index is 365. The van der Waals surface area contributed by atoms with Gasteiger partial charge in [0.2, 0.25) is 5.82 Å².